The average molecular weight is 592 g/mol. The Balaban J connectivity index is 1.27. The van der Waals surface area contributed by atoms with Crippen LogP contribution in [0.3, 0.4) is 0 Å². The van der Waals surface area contributed by atoms with Crippen molar-refractivity contribution >= 4 is 23.2 Å². The van der Waals surface area contributed by atoms with Crippen LogP contribution in [0.25, 0.3) is 16.8 Å². The molecule has 2 aliphatic rings. The molecule has 1 aliphatic carbocycles. The van der Waals surface area contributed by atoms with E-state index in [1.165, 1.54) is 23.8 Å². The molecule has 4 heterocycles. The number of pyridine rings is 1. The summed E-state index contributed by atoms with van der Waals surface area (Å²) in [7, 11) is 1.33. The van der Waals surface area contributed by atoms with E-state index in [1.54, 1.807) is 30.7 Å². The van der Waals surface area contributed by atoms with E-state index < -0.39 is 17.7 Å². The molecular weight excluding hydrogens is 556 g/mol. The second-order valence-electron chi connectivity index (χ2n) is 11.4. The predicted octanol–water partition coefficient (Wildman–Crippen LogP) is 5.27. The third-order valence-corrected chi connectivity index (χ3v) is 8.70. The van der Waals surface area contributed by atoms with Gasteiger partial charge in [0.15, 0.2) is 0 Å². The number of carbonyl (C=O) groups excluding carboxylic acids is 1. The summed E-state index contributed by atoms with van der Waals surface area (Å²) in [6, 6.07) is 7.62. The van der Waals surface area contributed by atoms with E-state index >= 15 is 8.78 Å². The topological polar surface area (TPSA) is 129 Å². The average Bonchev–Trinajstić information content (AvgIpc) is 3.41. The molecule has 6 rings (SSSR count). The molecule has 0 spiro atoms. The Kier molecular flexibility index (Phi) is 8.22. The molecule has 12 heteroatoms. The molecule has 1 aromatic carbocycles. The van der Waals surface area contributed by atoms with E-state index in [-0.39, 0.29) is 41.1 Å². The molecule has 10 nitrogen and oxygen atoms in total. The van der Waals surface area contributed by atoms with Gasteiger partial charge in [0, 0.05) is 31.5 Å². The van der Waals surface area contributed by atoms with Crippen LogP contribution >= 0.6 is 0 Å². The summed E-state index contributed by atoms with van der Waals surface area (Å²) in [6.07, 6.45) is 7.48. The van der Waals surface area contributed by atoms with Crippen molar-refractivity contribution in [3.8, 4) is 11.3 Å². The number of imidazole rings is 1. The lowest BCUT2D eigenvalue weighted by molar-refractivity contribution is 0.0852. The third kappa shape index (κ3) is 5.89. The molecule has 1 amide bonds. The van der Waals surface area contributed by atoms with E-state index in [2.05, 4.69) is 32.6 Å². The normalized spacial score (nSPS) is 22.8. The number of alkyl carbamates (subject to hydrolysis) is 1. The molecule has 1 saturated heterocycles. The van der Waals surface area contributed by atoms with Gasteiger partial charge in [-0.25, -0.2) is 18.6 Å². The number of benzene rings is 1. The molecule has 4 atom stereocenters. The Morgan fingerprint density at radius 1 is 1.09 bits per heavy atom. The number of halogens is 2. The molecule has 0 bridgehead atoms. The number of carbonyl (C=O) groups is 1. The predicted molar refractivity (Wildman–Crippen MR) is 157 cm³/mol. The molecule has 0 radical (unpaired) electrons. The highest BCUT2D eigenvalue weighted by atomic mass is 19.1. The number of nitrogens with two attached hydrogens (primary N) is 1. The van der Waals surface area contributed by atoms with Gasteiger partial charge in [0.2, 0.25) is 5.95 Å². The number of anilines is 2. The highest BCUT2D eigenvalue weighted by Gasteiger charge is 2.36. The molecule has 226 valence electrons. The first-order chi connectivity index (χ1) is 20.8. The van der Waals surface area contributed by atoms with Crippen molar-refractivity contribution in [3.05, 3.63) is 71.7 Å². The summed E-state index contributed by atoms with van der Waals surface area (Å²) in [5.74, 6) is -0.659. The lowest BCUT2D eigenvalue weighted by Gasteiger charge is -2.39. The Labute approximate surface area is 248 Å². The third-order valence-electron chi connectivity index (χ3n) is 8.70. The van der Waals surface area contributed by atoms with E-state index in [4.69, 9.17) is 15.2 Å². The van der Waals surface area contributed by atoms with Gasteiger partial charge in [-0.15, -0.1) is 0 Å². The summed E-state index contributed by atoms with van der Waals surface area (Å²) < 4.78 is 42.4. The first-order valence-electron chi connectivity index (χ1n) is 14.5. The summed E-state index contributed by atoms with van der Waals surface area (Å²) in [5.41, 5.74) is 9.51. The zero-order chi connectivity index (χ0) is 30.1. The van der Waals surface area contributed by atoms with E-state index in [1.807, 2.05) is 6.07 Å². The zero-order valence-electron chi connectivity index (χ0n) is 24.1. The summed E-state index contributed by atoms with van der Waals surface area (Å²) in [4.78, 5) is 20.6. The molecule has 1 saturated carbocycles. The molecule has 0 unspecified atom stereocenters. The first-order valence-corrected chi connectivity index (χ1v) is 14.5. The summed E-state index contributed by atoms with van der Waals surface area (Å²) >= 11 is 0. The minimum absolute atomic E-state index is 0.0667. The Morgan fingerprint density at radius 3 is 2.58 bits per heavy atom. The number of methoxy groups -OCH3 is 1. The van der Waals surface area contributed by atoms with Crippen LogP contribution in [0.5, 0.6) is 0 Å². The molecule has 43 heavy (non-hydrogen) atoms. The standard InChI is InChI=1S/C31H35F2N7O3/c1-17-11-20(14-25(34)29(17)38-31(41)42-2)22-5-8-35-16-27(22)37-30-36-15-21-3-4-26(39-40(21)30)28-23(32)12-19(13-24(28)33)18-6-9-43-10-7-18/h3-5,8,12-13,15-18,20,25,29H,6-7,9-11,14,34H2,1-2H3,(H,36,37)(H,38,41)/t17-,20+,25+,29-/m0/s1. The van der Waals surface area contributed by atoms with Crippen LogP contribution in [0.2, 0.25) is 0 Å². The second-order valence-corrected chi connectivity index (χ2v) is 11.4. The number of rotatable bonds is 6. The van der Waals surface area contributed by atoms with Crippen molar-refractivity contribution in [3.63, 3.8) is 0 Å². The van der Waals surface area contributed by atoms with Crippen LogP contribution in [0.15, 0.2) is 48.9 Å². The Bertz CT molecular complexity index is 1590. The SMILES string of the molecule is COC(=O)N[C@@H]1[C@H](N)C[C@H](c2ccncc2Nc2ncc3ccc(-c4c(F)cc(C5CCOCC5)cc4F)nn23)C[C@@H]1C. The number of nitrogens with one attached hydrogen (secondary N) is 2. The first kappa shape index (κ1) is 28.9. The fraction of sp³-hybridized carbons (Fsp3) is 0.419. The van der Waals surface area contributed by atoms with Crippen LogP contribution in [-0.2, 0) is 9.47 Å². The van der Waals surface area contributed by atoms with E-state index in [0.717, 1.165) is 30.5 Å². The van der Waals surface area contributed by atoms with Gasteiger partial charge in [0.25, 0.3) is 0 Å². The van der Waals surface area contributed by atoms with Crippen molar-refractivity contribution in [1.82, 2.24) is 24.9 Å². The smallest absolute Gasteiger partial charge is 0.407 e. The maximum Gasteiger partial charge on any atom is 0.407 e. The number of nitrogens with zero attached hydrogens (tertiary/aromatic N) is 4. The summed E-state index contributed by atoms with van der Waals surface area (Å²) in [6.45, 7) is 3.23. The molecule has 4 N–H and O–H groups in total. The Morgan fingerprint density at radius 2 is 1.86 bits per heavy atom. The highest BCUT2D eigenvalue weighted by Crippen LogP contribution is 2.39. The van der Waals surface area contributed by atoms with Crippen LogP contribution in [0.1, 0.15) is 55.6 Å². The van der Waals surface area contributed by atoms with Gasteiger partial charge in [-0.2, -0.15) is 9.61 Å². The fourth-order valence-corrected chi connectivity index (χ4v) is 6.48. The lowest BCUT2D eigenvalue weighted by atomic mass is 9.73. The quantitative estimate of drug-likeness (QED) is 0.277. The van der Waals surface area contributed by atoms with Crippen molar-refractivity contribution in [1.29, 1.82) is 0 Å². The molecule has 3 aromatic heterocycles. The second kappa shape index (κ2) is 12.2. The monoisotopic (exact) mass is 591 g/mol. The van der Waals surface area contributed by atoms with Gasteiger partial charge in [0.1, 0.15) is 11.6 Å². The number of fused-ring (bicyclic) bond motifs is 1. The maximum absolute atomic E-state index is 15.4. The van der Waals surface area contributed by atoms with Crippen LogP contribution in [0, 0.1) is 17.6 Å². The minimum Gasteiger partial charge on any atom is -0.453 e. The number of amides is 1. The number of hydrogen-bond donors (Lipinski definition) is 3. The zero-order valence-corrected chi connectivity index (χ0v) is 24.1. The van der Waals surface area contributed by atoms with Crippen molar-refractivity contribution < 1.29 is 23.0 Å². The van der Waals surface area contributed by atoms with Gasteiger partial charge in [-0.1, -0.05) is 6.92 Å². The lowest BCUT2D eigenvalue weighted by Crippen LogP contribution is -2.54. The van der Waals surface area contributed by atoms with Gasteiger partial charge in [-0.05, 0) is 84.9 Å². The van der Waals surface area contributed by atoms with Gasteiger partial charge >= 0.3 is 6.09 Å². The van der Waals surface area contributed by atoms with Crippen LogP contribution < -0.4 is 16.4 Å². The van der Waals surface area contributed by atoms with Crippen molar-refractivity contribution in [2.45, 2.75) is 56.5 Å². The molecular formula is C31H35F2N7O3. The number of ether oxygens (including phenoxy) is 2. The Hall–Kier alpha value is -4.16. The van der Waals surface area contributed by atoms with Gasteiger partial charge < -0.3 is 25.8 Å². The maximum atomic E-state index is 15.4. The van der Waals surface area contributed by atoms with Crippen LogP contribution in [0.4, 0.5) is 25.2 Å². The highest BCUT2D eigenvalue weighted by molar-refractivity contribution is 5.68. The molecule has 2 fully saturated rings. The molecule has 4 aromatic rings. The van der Waals surface area contributed by atoms with E-state index in [0.29, 0.717) is 36.7 Å². The van der Waals surface area contributed by atoms with Crippen LogP contribution in [-0.4, -0.2) is 58.1 Å². The minimum atomic E-state index is -0.653. The van der Waals surface area contributed by atoms with Gasteiger partial charge in [-0.3, -0.25) is 4.98 Å². The van der Waals surface area contributed by atoms with Crippen molar-refractivity contribution in [2.75, 3.05) is 25.6 Å². The number of aromatic nitrogens is 4. The largest absolute Gasteiger partial charge is 0.453 e. The summed E-state index contributed by atoms with van der Waals surface area (Å²) in [5, 5.41) is 10.8. The van der Waals surface area contributed by atoms with Crippen molar-refractivity contribution in [2.24, 2.45) is 11.7 Å². The fourth-order valence-electron chi connectivity index (χ4n) is 6.48. The molecule has 1 aliphatic heterocycles. The number of hydrogen-bond acceptors (Lipinski definition) is 8. The van der Waals surface area contributed by atoms with E-state index in [9.17, 15) is 4.79 Å². The van der Waals surface area contributed by atoms with Gasteiger partial charge in [0.05, 0.1) is 42.0 Å².